The number of fused-ring (bicyclic) bond motifs is 1. The number of aromatic amines is 1. The molecule has 0 amide bonds. The van der Waals surface area contributed by atoms with Gasteiger partial charge in [0.25, 0.3) is 5.56 Å². The van der Waals surface area contributed by atoms with E-state index in [0.717, 1.165) is 5.56 Å². The van der Waals surface area contributed by atoms with Crippen LogP contribution in [-0.4, -0.2) is 20.8 Å². The van der Waals surface area contributed by atoms with Gasteiger partial charge in [0.05, 0.1) is 10.9 Å². The van der Waals surface area contributed by atoms with E-state index in [1.54, 1.807) is 12.1 Å². The van der Waals surface area contributed by atoms with Gasteiger partial charge in [-0.2, -0.15) is 4.57 Å². The number of hydrogen-bond acceptors (Lipinski definition) is 3. The Hall–Kier alpha value is -1.95. The summed E-state index contributed by atoms with van der Waals surface area (Å²) in [5, 5.41) is 9.17. The van der Waals surface area contributed by atoms with Gasteiger partial charge < -0.3 is 10.1 Å². The maximum Gasteiger partial charge on any atom is 0.420 e. The standard InChI is InChI=1S/C10H8N2O3S/c1-5-2-3-7-6(4-5)8(13)12(10(14)15)9(16)11-7/h2-4H,1H3,(H,11,16)(H,14,15). The number of aryl methyl sites for hydroxylation is 1. The molecule has 0 fully saturated rings. The molecule has 2 N–H and O–H groups in total. The number of carbonyl (C=O) groups is 1. The molecule has 0 radical (unpaired) electrons. The number of hydrogen-bond donors (Lipinski definition) is 2. The van der Waals surface area contributed by atoms with Gasteiger partial charge in [0.2, 0.25) is 0 Å². The second kappa shape index (κ2) is 3.57. The first-order valence-corrected chi connectivity index (χ1v) is 4.90. The molecule has 0 aliphatic rings. The monoisotopic (exact) mass is 236 g/mol. The summed E-state index contributed by atoms with van der Waals surface area (Å²) in [4.78, 5) is 25.4. The number of nitrogens with one attached hydrogen (secondary N) is 1. The van der Waals surface area contributed by atoms with E-state index in [0.29, 0.717) is 15.5 Å². The highest BCUT2D eigenvalue weighted by atomic mass is 32.1. The van der Waals surface area contributed by atoms with Crippen molar-refractivity contribution in [2.45, 2.75) is 6.92 Å². The van der Waals surface area contributed by atoms with Crippen molar-refractivity contribution in [3.05, 3.63) is 38.9 Å². The number of H-pyrrole nitrogens is 1. The van der Waals surface area contributed by atoms with E-state index in [1.165, 1.54) is 0 Å². The quantitative estimate of drug-likeness (QED) is 0.685. The fourth-order valence-electron chi connectivity index (χ4n) is 1.50. The predicted octanol–water partition coefficient (Wildman–Crippen LogP) is 1.89. The van der Waals surface area contributed by atoms with Gasteiger partial charge in [0.1, 0.15) is 0 Å². The summed E-state index contributed by atoms with van der Waals surface area (Å²) in [7, 11) is 0. The number of aromatic nitrogens is 2. The summed E-state index contributed by atoms with van der Waals surface area (Å²) in [5.74, 6) is 0. The summed E-state index contributed by atoms with van der Waals surface area (Å²) in [6, 6.07) is 5.15. The largest absolute Gasteiger partial charge is 0.464 e. The molecule has 1 heterocycles. The lowest BCUT2D eigenvalue weighted by molar-refractivity contribution is 0.194. The van der Waals surface area contributed by atoms with E-state index < -0.39 is 11.7 Å². The molecule has 5 nitrogen and oxygen atoms in total. The summed E-state index contributed by atoms with van der Waals surface area (Å²) < 4.78 is 0.408. The number of rotatable bonds is 0. The molecular formula is C10H8N2O3S. The summed E-state index contributed by atoms with van der Waals surface area (Å²) in [5.41, 5.74) is 0.806. The van der Waals surface area contributed by atoms with Crippen LogP contribution in [0, 0.1) is 11.7 Å². The smallest absolute Gasteiger partial charge is 0.420 e. The fourth-order valence-corrected chi connectivity index (χ4v) is 1.77. The van der Waals surface area contributed by atoms with E-state index in [-0.39, 0.29) is 4.77 Å². The van der Waals surface area contributed by atoms with Crippen LogP contribution in [0.3, 0.4) is 0 Å². The maximum absolute atomic E-state index is 11.8. The molecule has 16 heavy (non-hydrogen) atoms. The van der Waals surface area contributed by atoms with Crippen LogP contribution in [-0.2, 0) is 0 Å². The Morgan fingerprint density at radius 2 is 2.19 bits per heavy atom. The van der Waals surface area contributed by atoms with Crippen LogP contribution in [0.25, 0.3) is 10.9 Å². The molecule has 0 atom stereocenters. The Labute approximate surface area is 95.0 Å². The Kier molecular flexibility index (Phi) is 2.35. The van der Waals surface area contributed by atoms with Crippen molar-refractivity contribution in [1.82, 2.24) is 9.55 Å². The molecule has 1 aromatic heterocycles. The van der Waals surface area contributed by atoms with Crippen molar-refractivity contribution in [3.63, 3.8) is 0 Å². The average Bonchev–Trinajstić information content (AvgIpc) is 2.19. The van der Waals surface area contributed by atoms with Gasteiger partial charge in [0.15, 0.2) is 4.77 Å². The Morgan fingerprint density at radius 1 is 1.50 bits per heavy atom. The van der Waals surface area contributed by atoms with E-state index >= 15 is 0 Å². The van der Waals surface area contributed by atoms with Crippen molar-refractivity contribution in [1.29, 1.82) is 0 Å². The molecule has 0 aliphatic carbocycles. The highest BCUT2D eigenvalue weighted by molar-refractivity contribution is 7.71. The van der Waals surface area contributed by atoms with Gasteiger partial charge in [-0.1, -0.05) is 11.6 Å². The summed E-state index contributed by atoms with van der Waals surface area (Å²) >= 11 is 4.80. The van der Waals surface area contributed by atoms with Gasteiger partial charge in [-0.25, -0.2) is 4.79 Å². The van der Waals surface area contributed by atoms with E-state index in [2.05, 4.69) is 4.98 Å². The SMILES string of the molecule is Cc1ccc2[nH]c(=S)n(C(=O)O)c(=O)c2c1. The molecule has 0 bridgehead atoms. The zero-order valence-corrected chi connectivity index (χ0v) is 9.17. The fraction of sp³-hybridized carbons (Fsp3) is 0.100. The molecular weight excluding hydrogens is 228 g/mol. The molecule has 0 unspecified atom stereocenters. The zero-order chi connectivity index (χ0) is 11.9. The van der Waals surface area contributed by atoms with Crippen molar-refractivity contribution >= 4 is 29.2 Å². The van der Waals surface area contributed by atoms with Gasteiger partial charge in [-0.05, 0) is 31.3 Å². The molecule has 0 aliphatic heterocycles. The van der Waals surface area contributed by atoms with E-state index in [9.17, 15) is 9.59 Å². The topological polar surface area (TPSA) is 75.1 Å². The first kappa shape index (κ1) is 10.6. The van der Waals surface area contributed by atoms with Crippen molar-refractivity contribution < 1.29 is 9.90 Å². The molecule has 1 aromatic carbocycles. The normalized spacial score (nSPS) is 10.6. The van der Waals surface area contributed by atoms with Crippen molar-refractivity contribution in [2.24, 2.45) is 0 Å². The molecule has 2 rings (SSSR count). The third-order valence-corrected chi connectivity index (χ3v) is 2.53. The average molecular weight is 236 g/mol. The van der Waals surface area contributed by atoms with E-state index in [1.807, 2.05) is 13.0 Å². The van der Waals surface area contributed by atoms with Crippen LogP contribution >= 0.6 is 12.2 Å². The highest BCUT2D eigenvalue weighted by Gasteiger charge is 2.10. The van der Waals surface area contributed by atoms with Gasteiger partial charge in [-0.3, -0.25) is 4.79 Å². The first-order chi connectivity index (χ1) is 7.50. The first-order valence-electron chi connectivity index (χ1n) is 4.49. The molecule has 0 spiro atoms. The number of nitrogens with zero attached hydrogens (tertiary/aromatic N) is 1. The van der Waals surface area contributed by atoms with E-state index in [4.69, 9.17) is 17.3 Å². The minimum atomic E-state index is -1.38. The van der Waals surface area contributed by atoms with Crippen LogP contribution in [0.1, 0.15) is 5.56 Å². The lowest BCUT2D eigenvalue weighted by atomic mass is 10.2. The lowest BCUT2D eigenvalue weighted by Gasteiger charge is -2.03. The van der Waals surface area contributed by atoms with Crippen LogP contribution in [0.15, 0.2) is 23.0 Å². The van der Waals surface area contributed by atoms with Crippen LogP contribution in [0.2, 0.25) is 0 Å². The number of carboxylic acid groups (broad SMARTS) is 1. The van der Waals surface area contributed by atoms with Crippen molar-refractivity contribution in [2.75, 3.05) is 0 Å². The lowest BCUT2D eigenvalue weighted by Crippen LogP contribution is -2.27. The van der Waals surface area contributed by atoms with Gasteiger partial charge in [0, 0.05) is 0 Å². The predicted molar refractivity (Wildman–Crippen MR) is 61.6 cm³/mol. The van der Waals surface area contributed by atoms with Crippen LogP contribution < -0.4 is 5.56 Å². The molecule has 82 valence electrons. The maximum atomic E-state index is 11.8. The molecule has 6 heteroatoms. The zero-order valence-electron chi connectivity index (χ0n) is 8.35. The Balaban J connectivity index is 3.03. The molecule has 2 aromatic rings. The Bertz CT molecular complexity index is 699. The summed E-state index contributed by atoms with van der Waals surface area (Å²) in [6.07, 6.45) is -1.38. The second-order valence-corrected chi connectivity index (χ2v) is 3.79. The minimum absolute atomic E-state index is 0.117. The number of benzene rings is 1. The van der Waals surface area contributed by atoms with Crippen molar-refractivity contribution in [3.8, 4) is 0 Å². The van der Waals surface area contributed by atoms with Gasteiger partial charge in [-0.15, -0.1) is 0 Å². The Morgan fingerprint density at radius 3 is 2.81 bits per heavy atom. The third-order valence-electron chi connectivity index (χ3n) is 2.24. The van der Waals surface area contributed by atoms with Crippen LogP contribution in [0.4, 0.5) is 4.79 Å². The second-order valence-electron chi connectivity index (χ2n) is 3.40. The van der Waals surface area contributed by atoms with Crippen LogP contribution in [0.5, 0.6) is 0 Å². The van der Waals surface area contributed by atoms with Gasteiger partial charge >= 0.3 is 6.09 Å². The molecule has 0 saturated carbocycles. The molecule has 0 saturated heterocycles. The summed E-state index contributed by atoms with van der Waals surface area (Å²) in [6.45, 7) is 1.82. The minimum Gasteiger partial charge on any atom is -0.464 e. The highest BCUT2D eigenvalue weighted by Crippen LogP contribution is 2.09. The third kappa shape index (κ3) is 1.53.